The van der Waals surface area contributed by atoms with Crippen LogP contribution in [0, 0.1) is 0 Å². The van der Waals surface area contributed by atoms with Gasteiger partial charge >= 0.3 is 6.18 Å². The second-order valence-electron chi connectivity index (χ2n) is 27.5. The van der Waals surface area contributed by atoms with E-state index in [0.717, 1.165) is 49.2 Å². The zero-order valence-electron chi connectivity index (χ0n) is 60.2. The topological polar surface area (TPSA) is 345 Å². The summed E-state index contributed by atoms with van der Waals surface area (Å²) in [6, 6.07) is 43.4. The van der Waals surface area contributed by atoms with Crippen LogP contribution in [-0.2, 0) is 77.2 Å². The summed E-state index contributed by atoms with van der Waals surface area (Å²) in [6.45, 7) is 16.1. The molecule has 4 N–H and O–H groups in total. The van der Waals surface area contributed by atoms with Gasteiger partial charge in [-0.05, 0) is 183 Å². The van der Waals surface area contributed by atoms with Crippen molar-refractivity contribution < 1.29 is 75.3 Å². The monoisotopic (exact) mass is 1620 g/mol. The highest BCUT2D eigenvalue weighted by molar-refractivity contribution is 7.94. The Bertz CT molecular complexity index is 5420. The Labute approximate surface area is 638 Å². The molecule has 0 bridgehead atoms. The second kappa shape index (κ2) is 32.7. The number of carbonyl (C=O) groups is 4. The van der Waals surface area contributed by atoms with Crippen molar-refractivity contribution in [3.05, 3.63) is 221 Å². The number of para-hydroxylation sites is 1. The summed E-state index contributed by atoms with van der Waals surface area (Å²) in [6.07, 6.45) is 0.989. The van der Waals surface area contributed by atoms with Crippen LogP contribution in [0.1, 0.15) is 112 Å². The molecule has 5 aromatic heterocycles. The van der Waals surface area contributed by atoms with Gasteiger partial charge in [-0.15, -0.1) is 0 Å². The SMILES string of the molecule is CC(C)(C(=O)Nc1cc2ccccc2cn1)S(=O)(=O)c1ccc(Cl)cc1.CC(C)(C(=O)Nc1ccc(Oc2ccccc2)nc1)S(=O)(=O)c1ccc(Cl)cc1.CC(C)(C)c1cc(NC(=O)C(C)(C)S(=O)(=O)c2ccc(C(F)(F)F)cn2)no1.Cn1nc(C2CC2)cc1NC(=O)C(C)(C)S(=O)(=O)c1ccc(Cl)cc1. The van der Waals surface area contributed by atoms with Crippen LogP contribution in [0.15, 0.2) is 213 Å². The Balaban J connectivity index is 0.000000182. The van der Waals surface area contributed by atoms with E-state index in [2.05, 4.69) is 46.5 Å². The van der Waals surface area contributed by atoms with Crippen molar-refractivity contribution in [3.63, 3.8) is 0 Å². The summed E-state index contributed by atoms with van der Waals surface area (Å²) in [5.41, 5.74) is -0.182. The van der Waals surface area contributed by atoms with Crippen LogP contribution in [0.2, 0.25) is 15.1 Å². The van der Waals surface area contributed by atoms with Crippen LogP contribution in [0.5, 0.6) is 11.6 Å². The first-order valence-electron chi connectivity index (χ1n) is 32.7. The number of aryl methyl sites for hydroxylation is 1. The minimum atomic E-state index is -4.65. The number of hydrogen-bond acceptors (Lipinski definition) is 19. The maximum atomic E-state index is 12.9. The van der Waals surface area contributed by atoms with Crippen LogP contribution in [0.25, 0.3) is 10.8 Å². The number of carbonyl (C=O) groups excluding carboxylic acids is 4. The average Bonchev–Trinajstić information content (AvgIpc) is 1.80. The van der Waals surface area contributed by atoms with Crippen LogP contribution in [0.4, 0.5) is 36.3 Å². The number of aromatic nitrogens is 6. The van der Waals surface area contributed by atoms with Crippen LogP contribution in [-0.4, -0.2) is 106 Å². The molecular weight excluding hydrogens is 1540 g/mol. The Morgan fingerprint density at radius 3 is 1.37 bits per heavy atom. The molecule has 5 heterocycles. The minimum Gasteiger partial charge on any atom is -0.439 e. The Morgan fingerprint density at radius 2 is 0.935 bits per heavy atom. The van der Waals surface area contributed by atoms with Gasteiger partial charge in [0.25, 0.3) is 0 Å². The molecule has 0 saturated heterocycles. The highest BCUT2D eigenvalue weighted by Gasteiger charge is 2.47. The summed E-state index contributed by atoms with van der Waals surface area (Å²) in [4.78, 5) is 62.5. The fourth-order valence-corrected chi connectivity index (χ4v) is 15.2. The molecule has 34 heteroatoms. The van der Waals surface area contributed by atoms with Crippen LogP contribution in [0.3, 0.4) is 0 Å². The number of alkyl halides is 3. The van der Waals surface area contributed by atoms with E-state index in [1.54, 1.807) is 54.3 Å². The molecule has 0 aliphatic heterocycles. The first-order chi connectivity index (χ1) is 50.1. The molecular formula is C74H76Cl3F3N10O14S4. The van der Waals surface area contributed by atoms with E-state index >= 15 is 0 Å². The lowest BCUT2D eigenvalue weighted by atomic mass is 9.93. The number of sulfone groups is 4. The van der Waals surface area contributed by atoms with Crippen molar-refractivity contribution in [3.8, 4) is 11.6 Å². The van der Waals surface area contributed by atoms with Crippen molar-refractivity contribution >= 4 is 132 Å². The van der Waals surface area contributed by atoms with Gasteiger partial charge in [-0.1, -0.05) is 103 Å². The predicted octanol–water partition coefficient (Wildman–Crippen LogP) is 15.5. The van der Waals surface area contributed by atoms with E-state index in [9.17, 15) is 66.0 Å². The molecule has 4 amide bonds. The summed E-state index contributed by atoms with van der Waals surface area (Å²) in [5, 5.41) is 20.8. The fraction of sp³-hybridized carbons (Fsp3) is 0.284. The molecule has 5 aromatic carbocycles. The number of amides is 4. The minimum absolute atomic E-state index is 0.0202. The zero-order chi connectivity index (χ0) is 80.0. The zero-order valence-corrected chi connectivity index (χ0v) is 65.7. The van der Waals surface area contributed by atoms with Gasteiger partial charge in [-0.2, -0.15) is 18.3 Å². The molecule has 0 atom stereocenters. The molecule has 572 valence electrons. The number of nitrogens with zero attached hydrogens (tertiary/aromatic N) is 6. The highest BCUT2D eigenvalue weighted by atomic mass is 35.5. The molecule has 1 fully saturated rings. The van der Waals surface area contributed by atoms with Crippen molar-refractivity contribution in [2.75, 3.05) is 21.3 Å². The number of benzene rings is 5. The van der Waals surface area contributed by atoms with Gasteiger partial charge in [0.2, 0.25) is 39.3 Å². The number of pyridine rings is 3. The number of fused-ring (bicyclic) bond motifs is 1. The quantitative estimate of drug-likeness (QED) is 0.0584. The van der Waals surface area contributed by atoms with Gasteiger partial charge in [0.05, 0.1) is 37.8 Å². The maximum absolute atomic E-state index is 12.9. The summed E-state index contributed by atoms with van der Waals surface area (Å²) in [7, 11) is -14.4. The van der Waals surface area contributed by atoms with E-state index in [4.69, 9.17) is 44.1 Å². The molecule has 108 heavy (non-hydrogen) atoms. The highest BCUT2D eigenvalue weighted by Crippen LogP contribution is 2.41. The van der Waals surface area contributed by atoms with E-state index < -0.39 is 98.7 Å². The van der Waals surface area contributed by atoms with E-state index in [1.807, 2.05) is 63.2 Å². The third kappa shape index (κ3) is 19.4. The third-order valence-corrected chi connectivity index (χ3v) is 27.4. The molecule has 0 spiro atoms. The number of nitrogens with one attached hydrogen (secondary N) is 4. The lowest BCUT2D eigenvalue weighted by Gasteiger charge is -2.24. The molecule has 1 aliphatic carbocycles. The Morgan fingerprint density at radius 1 is 0.481 bits per heavy atom. The molecule has 10 aromatic rings. The normalized spacial score (nSPS) is 13.1. The molecule has 0 unspecified atom stereocenters. The second-order valence-corrected chi connectivity index (χ2v) is 38.8. The average molecular weight is 1620 g/mol. The maximum Gasteiger partial charge on any atom is 0.417 e. The van der Waals surface area contributed by atoms with Gasteiger partial charge in [0.1, 0.15) is 37.4 Å². The van der Waals surface area contributed by atoms with Crippen molar-refractivity contribution in [1.29, 1.82) is 0 Å². The van der Waals surface area contributed by atoms with Gasteiger partial charge < -0.3 is 30.5 Å². The van der Waals surface area contributed by atoms with Crippen molar-refractivity contribution in [1.82, 2.24) is 29.9 Å². The number of hydrogen-bond donors (Lipinski definition) is 4. The van der Waals surface area contributed by atoms with Crippen LogP contribution >= 0.6 is 34.8 Å². The lowest BCUT2D eigenvalue weighted by molar-refractivity contribution is -0.138. The summed E-state index contributed by atoms with van der Waals surface area (Å²) >= 11 is 17.4. The van der Waals surface area contributed by atoms with Gasteiger partial charge in [0.15, 0.2) is 45.1 Å². The number of ether oxygens (including phenoxy) is 1. The molecule has 0 radical (unpaired) electrons. The standard InChI is InChI=1S/C21H19ClN2O4S.C19H17ClN2O3S.C17H20ClN3O3S.C17H20F3N3O4S/c1-21(2,29(26,27)18-11-8-15(22)9-12-18)20(25)24-16-10-13-19(23-14-16)28-17-6-4-3-5-7-17;1-19(2,26(24,25)16-9-7-15(20)8-10-16)18(23)22-17-11-13-5-3-4-6-14(13)12-21-17;1-17(2,25(23,24)13-8-6-12(18)7-9-13)16(22)19-15-10-14(11-4-5-11)20-21(15)3;1-15(2,3)11-8-12(23-27-11)22-14(24)16(4,5)28(25,26)13-7-6-10(9-21-13)17(18,19)20/h3-14H,1-2H3,(H,24,25);3-12H,1-2H3,(H,21,22,23);6-11H,4-5H2,1-3H3,(H,19,22);6-9H,1-5H3,(H,22,23,24). The first-order valence-corrected chi connectivity index (χ1v) is 39.8. The summed E-state index contributed by atoms with van der Waals surface area (Å²) in [5.74, 6) is -0.139. The Kier molecular flexibility index (Phi) is 25.4. The van der Waals surface area contributed by atoms with E-state index in [1.165, 1.54) is 127 Å². The number of halogens is 6. The lowest BCUT2D eigenvalue weighted by Crippen LogP contribution is -2.44. The number of anilines is 4. The summed E-state index contributed by atoms with van der Waals surface area (Å²) < 4.78 is 146. The van der Waals surface area contributed by atoms with E-state index in [0.29, 0.717) is 68.0 Å². The molecule has 24 nitrogen and oxygen atoms in total. The van der Waals surface area contributed by atoms with Crippen molar-refractivity contribution in [2.24, 2.45) is 7.05 Å². The fourth-order valence-electron chi connectivity index (χ4n) is 9.41. The largest absolute Gasteiger partial charge is 0.439 e. The van der Waals surface area contributed by atoms with Crippen molar-refractivity contribution in [2.45, 2.75) is 145 Å². The first kappa shape index (κ1) is 84.0. The van der Waals surface area contributed by atoms with Crippen LogP contribution < -0.4 is 26.0 Å². The van der Waals surface area contributed by atoms with Gasteiger partial charge in [0, 0.05) is 69.4 Å². The Hall–Kier alpha value is -9.63. The third-order valence-electron chi connectivity index (χ3n) is 17.0. The number of rotatable bonds is 19. The van der Waals surface area contributed by atoms with E-state index in [-0.39, 0.29) is 25.9 Å². The van der Waals surface area contributed by atoms with Gasteiger partial charge in [-0.25, -0.2) is 48.6 Å². The smallest absolute Gasteiger partial charge is 0.417 e. The van der Waals surface area contributed by atoms with Gasteiger partial charge in [-0.3, -0.25) is 23.9 Å². The molecule has 1 aliphatic rings. The predicted molar refractivity (Wildman–Crippen MR) is 406 cm³/mol. The molecule has 11 rings (SSSR count). The molecule has 1 saturated carbocycles.